The van der Waals surface area contributed by atoms with Gasteiger partial charge in [-0.2, -0.15) is 0 Å². The standard InChI is InChI=1S/C20H20ClN5O2S/c1-13-10-15(21)8-9-16(13)23-18(27)12-29-20-25-24-17(26(20)2)11-22-19(28)14-6-4-3-5-7-14/h3-10H,11-12H2,1-2H3,(H,22,28)(H,23,27). The molecule has 0 spiro atoms. The number of thioether (sulfide) groups is 1. The lowest BCUT2D eigenvalue weighted by Crippen LogP contribution is -2.24. The molecule has 0 aliphatic heterocycles. The summed E-state index contributed by atoms with van der Waals surface area (Å²) in [6.45, 7) is 2.13. The van der Waals surface area contributed by atoms with E-state index in [0.29, 0.717) is 21.6 Å². The number of halogens is 1. The predicted octanol–water partition coefficient (Wildman–Crippen LogP) is 3.44. The highest BCUT2D eigenvalue weighted by atomic mass is 35.5. The van der Waals surface area contributed by atoms with Crippen LogP contribution in [0.5, 0.6) is 0 Å². The number of hydrogen-bond acceptors (Lipinski definition) is 5. The lowest BCUT2D eigenvalue weighted by Gasteiger charge is -2.09. The van der Waals surface area contributed by atoms with Gasteiger partial charge in [0.2, 0.25) is 5.91 Å². The third-order valence-corrected chi connectivity index (χ3v) is 5.42. The van der Waals surface area contributed by atoms with E-state index in [1.54, 1.807) is 41.9 Å². The number of nitrogens with one attached hydrogen (secondary N) is 2. The normalized spacial score (nSPS) is 10.6. The molecule has 0 radical (unpaired) electrons. The molecule has 0 aliphatic carbocycles. The third-order valence-electron chi connectivity index (χ3n) is 4.16. The Labute approximate surface area is 177 Å². The quantitative estimate of drug-likeness (QED) is 0.561. The average molecular weight is 430 g/mol. The summed E-state index contributed by atoms with van der Waals surface area (Å²) in [6, 6.07) is 14.3. The molecule has 1 heterocycles. The van der Waals surface area contributed by atoms with Gasteiger partial charge in [0.05, 0.1) is 12.3 Å². The van der Waals surface area contributed by atoms with Crippen molar-refractivity contribution in [3.05, 3.63) is 70.5 Å². The molecule has 150 valence electrons. The number of benzene rings is 2. The van der Waals surface area contributed by atoms with E-state index in [2.05, 4.69) is 20.8 Å². The first kappa shape index (κ1) is 20.9. The van der Waals surface area contributed by atoms with Gasteiger partial charge in [-0.05, 0) is 42.8 Å². The summed E-state index contributed by atoms with van der Waals surface area (Å²) in [6.07, 6.45) is 0. The van der Waals surface area contributed by atoms with E-state index in [-0.39, 0.29) is 24.1 Å². The maximum atomic E-state index is 12.2. The van der Waals surface area contributed by atoms with Crippen molar-refractivity contribution in [2.75, 3.05) is 11.1 Å². The topological polar surface area (TPSA) is 88.9 Å². The van der Waals surface area contributed by atoms with Crippen LogP contribution in [0.1, 0.15) is 21.7 Å². The van der Waals surface area contributed by atoms with E-state index >= 15 is 0 Å². The fourth-order valence-electron chi connectivity index (χ4n) is 2.56. The van der Waals surface area contributed by atoms with Crippen molar-refractivity contribution in [3.63, 3.8) is 0 Å². The van der Waals surface area contributed by atoms with Crippen LogP contribution in [0.3, 0.4) is 0 Å². The molecule has 0 aliphatic rings. The molecule has 2 aromatic carbocycles. The maximum Gasteiger partial charge on any atom is 0.251 e. The summed E-state index contributed by atoms with van der Waals surface area (Å²) < 4.78 is 1.76. The summed E-state index contributed by atoms with van der Waals surface area (Å²) in [5, 5.41) is 15.1. The van der Waals surface area contributed by atoms with Crippen LogP contribution in [-0.2, 0) is 18.4 Å². The molecule has 0 fully saturated rings. The second kappa shape index (κ2) is 9.58. The highest BCUT2D eigenvalue weighted by Gasteiger charge is 2.13. The molecule has 0 atom stereocenters. The molecule has 0 unspecified atom stereocenters. The van der Waals surface area contributed by atoms with Gasteiger partial charge in [-0.25, -0.2) is 0 Å². The van der Waals surface area contributed by atoms with Gasteiger partial charge in [0.25, 0.3) is 5.91 Å². The fourth-order valence-corrected chi connectivity index (χ4v) is 3.52. The SMILES string of the molecule is Cc1cc(Cl)ccc1NC(=O)CSc1nnc(CNC(=O)c2ccccc2)n1C. The Morgan fingerprint density at radius 1 is 1.14 bits per heavy atom. The maximum absolute atomic E-state index is 12.2. The number of amides is 2. The Morgan fingerprint density at radius 2 is 1.90 bits per heavy atom. The lowest BCUT2D eigenvalue weighted by molar-refractivity contribution is -0.113. The minimum Gasteiger partial charge on any atom is -0.345 e. The van der Waals surface area contributed by atoms with E-state index in [9.17, 15) is 9.59 Å². The molecule has 3 rings (SSSR count). The zero-order valence-electron chi connectivity index (χ0n) is 16.0. The van der Waals surface area contributed by atoms with Crippen LogP contribution >= 0.6 is 23.4 Å². The third kappa shape index (κ3) is 5.58. The predicted molar refractivity (Wildman–Crippen MR) is 114 cm³/mol. The monoisotopic (exact) mass is 429 g/mol. The van der Waals surface area contributed by atoms with E-state index in [1.165, 1.54) is 11.8 Å². The first-order chi connectivity index (χ1) is 13.9. The van der Waals surface area contributed by atoms with Gasteiger partial charge in [0, 0.05) is 23.3 Å². The Bertz CT molecular complexity index is 1020. The van der Waals surface area contributed by atoms with Gasteiger partial charge in [0.1, 0.15) is 0 Å². The Kier molecular flexibility index (Phi) is 6.90. The number of nitrogens with zero attached hydrogens (tertiary/aromatic N) is 3. The van der Waals surface area contributed by atoms with Gasteiger partial charge in [-0.1, -0.05) is 41.6 Å². The number of rotatable bonds is 7. The van der Waals surface area contributed by atoms with Crippen molar-refractivity contribution in [2.45, 2.75) is 18.6 Å². The molecule has 0 bridgehead atoms. The van der Waals surface area contributed by atoms with Gasteiger partial charge in [-0.15, -0.1) is 10.2 Å². The molecule has 7 nitrogen and oxygen atoms in total. The summed E-state index contributed by atoms with van der Waals surface area (Å²) in [5.41, 5.74) is 2.20. The first-order valence-corrected chi connectivity index (χ1v) is 10.2. The van der Waals surface area contributed by atoms with Crippen molar-refractivity contribution in [3.8, 4) is 0 Å². The van der Waals surface area contributed by atoms with E-state index < -0.39 is 0 Å². The molecular weight excluding hydrogens is 410 g/mol. The summed E-state index contributed by atoms with van der Waals surface area (Å²) in [5.74, 6) is 0.457. The van der Waals surface area contributed by atoms with Crippen molar-refractivity contribution in [2.24, 2.45) is 7.05 Å². The summed E-state index contributed by atoms with van der Waals surface area (Å²) in [4.78, 5) is 24.4. The van der Waals surface area contributed by atoms with Crippen LogP contribution in [0.4, 0.5) is 5.69 Å². The molecule has 3 aromatic rings. The molecule has 9 heteroatoms. The van der Waals surface area contributed by atoms with Crippen molar-refractivity contribution < 1.29 is 9.59 Å². The van der Waals surface area contributed by atoms with Gasteiger partial charge < -0.3 is 15.2 Å². The van der Waals surface area contributed by atoms with E-state index in [1.807, 2.05) is 25.1 Å². The van der Waals surface area contributed by atoms with Crippen LogP contribution in [0.25, 0.3) is 0 Å². The van der Waals surface area contributed by atoms with E-state index in [0.717, 1.165) is 11.3 Å². The van der Waals surface area contributed by atoms with Crippen molar-refractivity contribution in [1.82, 2.24) is 20.1 Å². The Hall–Kier alpha value is -2.84. The second-order valence-electron chi connectivity index (χ2n) is 6.30. The number of aromatic nitrogens is 3. The lowest BCUT2D eigenvalue weighted by atomic mass is 10.2. The highest BCUT2D eigenvalue weighted by Crippen LogP contribution is 2.21. The molecule has 1 aromatic heterocycles. The van der Waals surface area contributed by atoms with Crippen LogP contribution < -0.4 is 10.6 Å². The number of carbonyl (C=O) groups excluding carboxylic acids is 2. The van der Waals surface area contributed by atoms with Crippen molar-refractivity contribution in [1.29, 1.82) is 0 Å². The van der Waals surface area contributed by atoms with Gasteiger partial charge in [-0.3, -0.25) is 9.59 Å². The Morgan fingerprint density at radius 3 is 2.62 bits per heavy atom. The van der Waals surface area contributed by atoms with Gasteiger partial charge >= 0.3 is 0 Å². The van der Waals surface area contributed by atoms with Crippen LogP contribution in [0, 0.1) is 6.92 Å². The number of carbonyl (C=O) groups is 2. The zero-order chi connectivity index (χ0) is 20.8. The Balaban J connectivity index is 1.52. The minimum atomic E-state index is -0.180. The molecule has 0 saturated heterocycles. The van der Waals surface area contributed by atoms with E-state index in [4.69, 9.17) is 11.6 Å². The zero-order valence-corrected chi connectivity index (χ0v) is 17.5. The molecule has 29 heavy (non-hydrogen) atoms. The summed E-state index contributed by atoms with van der Waals surface area (Å²) in [7, 11) is 1.80. The molecule has 0 saturated carbocycles. The fraction of sp³-hybridized carbons (Fsp3) is 0.200. The highest BCUT2D eigenvalue weighted by molar-refractivity contribution is 7.99. The number of hydrogen-bond donors (Lipinski definition) is 2. The van der Waals surface area contributed by atoms with Crippen molar-refractivity contribution >= 4 is 40.9 Å². The van der Waals surface area contributed by atoms with Gasteiger partial charge in [0.15, 0.2) is 11.0 Å². The first-order valence-electron chi connectivity index (χ1n) is 8.84. The average Bonchev–Trinajstić information content (AvgIpc) is 3.07. The molecule has 2 N–H and O–H groups in total. The molecular formula is C20H20ClN5O2S. The second-order valence-corrected chi connectivity index (χ2v) is 7.68. The number of anilines is 1. The van der Waals surface area contributed by atoms with Crippen LogP contribution in [0.2, 0.25) is 5.02 Å². The smallest absolute Gasteiger partial charge is 0.251 e. The largest absolute Gasteiger partial charge is 0.345 e. The minimum absolute atomic E-state index is 0.151. The number of aryl methyl sites for hydroxylation is 1. The van der Waals surface area contributed by atoms with Crippen LogP contribution in [0.15, 0.2) is 53.7 Å². The molecule has 2 amide bonds. The van der Waals surface area contributed by atoms with Crippen LogP contribution in [-0.4, -0.2) is 32.3 Å². The summed E-state index contributed by atoms with van der Waals surface area (Å²) >= 11 is 7.21.